The SMILES string of the molecule is Cc1ccc(-c2[nH]oc(=O)c2CN(C)C)cc1. The van der Waals surface area contributed by atoms with Crippen LogP contribution in [0, 0.1) is 6.92 Å². The fourth-order valence-corrected chi connectivity index (χ4v) is 1.74. The zero-order valence-electron chi connectivity index (χ0n) is 10.3. The summed E-state index contributed by atoms with van der Waals surface area (Å²) < 4.78 is 4.87. The van der Waals surface area contributed by atoms with E-state index in [0.29, 0.717) is 12.1 Å². The lowest BCUT2D eigenvalue weighted by Gasteiger charge is -2.08. The summed E-state index contributed by atoms with van der Waals surface area (Å²) in [6, 6.07) is 7.99. The fraction of sp³-hybridized carbons (Fsp3) is 0.308. The van der Waals surface area contributed by atoms with Crippen molar-refractivity contribution in [2.45, 2.75) is 13.5 Å². The molecule has 17 heavy (non-hydrogen) atoms. The van der Waals surface area contributed by atoms with Crippen molar-refractivity contribution >= 4 is 0 Å². The van der Waals surface area contributed by atoms with Crippen LogP contribution in [0.15, 0.2) is 33.6 Å². The van der Waals surface area contributed by atoms with Gasteiger partial charge in [-0.15, -0.1) is 0 Å². The van der Waals surface area contributed by atoms with Crippen LogP contribution in [0.1, 0.15) is 11.1 Å². The lowest BCUT2D eigenvalue weighted by Crippen LogP contribution is -2.16. The molecule has 0 aliphatic carbocycles. The molecule has 1 aromatic carbocycles. The van der Waals surface area contributed by atoms with E-state index < -0.39 is 0 Å². The van der Waals surface area contributed by atoms with E-state index in [2.05, 4.69) is 5.16 Å². The van der Waals surface area contributed by atoms with Crippen LogP contribution in [0.2, 0.25) is 0 Å². The maximum atomic E-state index is 11.6. The number of aryl methyl sites for hydroxylation is 1. The molecule has 0 amide bonds. The Morgan fingerprint density at radius 2 is 1.88 bits per heavy atom. The molecule has 90 valence electrons. The molecule has 1 aromatic heterocycles. The minimum Gasteiger partial charge on any atom is -0.338 e. The second-order valence-corrected chi connectivity index (χ2v) is 4.45. The Morgan fingerprint density at radius 1 is 1.24 bits per heavy atom. The second kappa shape index (κ2) is 4.59. The Kier molecular flexibility index (Phi) is 3.15. The van der Waals surface area contributed by atoms with Crippen LogP contribution in [0.3, 0.4) is 0 Å². The third-order valence-electron chi connectivity index (χ3n) is 2.61. The van der Waals surface area contributed by atoms with Crippen molar-refractivity contribution < 1.29 is 4.52 Å². The molecular formula is C13H16N2O2. The van der Waals surface area contributed by atoms with Crippen LogP contribution in [-0.4, -0.2) is 24.2 Å². The minimum absolute atomic E-state index is 0.297. The van der Waals surface area contributed by atoms with Crippen LogP contribution >= 0.6 is 0 Å². The first kappa shape index (κ1) is 11.7. The molecular weight excluding hydrogens is 216 g/mol. The number of rotatable bonds is 3. The molecule has 2 aromatic rings. The molecule has 0 spiro atoms. The smallest absolute Gasteiger partial charge is 0.338 e. The van der Waals surface area contributed by atoms with E-state index in [-0.39, 0.29) is 5.63 Å². The van der Waals surface area contributed by atoms with Crippen molar-refractivity contribution in [3.63, 3.8) is 0 Å². The van der Waals surface area contributed by atoms with Crippen molar-refractivity contribution in [2.24, 2.45) is 0 Å². The Morgan fingerprint density at radius 3 is 2.47 bits per heavy atom. The molecule has 0 bridgehead atoms. The molecule has 1 heterocycles. The van der Waals surface area contributed by atoms with Gasteiger partial charge < -0.3 is 9.42 Å². The van der Waals surface area contributed by atoms with E-state index in [4.69, 9.17) is 4.52 Å². The predicted octanol–water partition coefficient (Wildman–Crippen LogP) is 2.00. The first-order valence-electron chi connectivity index (χ1n) is 5.50. The molecule has 0 saturated carbocycles. The number of benzene rings is 1. The van der Waals surface area contributed by atoms with Crippen molar-refractivity contribution in [1.82, 2.24) is 10.1 Å². The maximum absolute atomic E-state index is 11.6. The fourth-order valence-electron chi connectivity index (χ4n) is 1.74. The van der Waals surface area contributed by atoms with Crippen molar-refractivity contribution in [2.75, 3.05) is 14.1 Å². The molecule has 1 N–H and O–H groups in total. The van der Waals surface area contributed by atoms with E-state index in [1.807, 2.05) is 50.2 Å². The Hall–Kier alpha value is -1.81. The van der Waals surface area contributed by atoms with E-state index in [1.54, 1.807) is 0 Å². The average molecular weight is 232 g/mol. The molecule has 0 saturated heterocycles. The highest BCUT2D eigenvalue weighted by molar-refractivity contribution is 5.62. The first-order valence-corrected chi connectivity index (χ1v) is 5.50. The normalized spacial score (nSPS) is 11.1. The minimum atomic E-state index is -0.297. The Bertz CT molecular complexity index is 550. The van der Waals surface area contributed by atoms with Crippen molar-refractivity contribution in [1.29, 1.82) is 0 Å². The molecule has 2 rings (SSSR count). The molecule has 0 aliphatic heterocycles. The molecule has 4 nitrogen and oxygen atoms in total. The van der Waals surface area contributed by atoms with E-state index >= 15 is 0 Å². The molecule has 0 atom stereocenters. The van der Waals surface area contributed by atoms with Gasteiger partial charge in [0.2, 0.25) is 0 Å². The zero-order valence-corrected chi connectivity index (χ0v) is 10.3. The maximum Gasteiger partial charge on any atom is 0.362 e. The monoisotopic (exact) mass is 232 g/mol. The number of nitrogens with one attached hydrogen (secondary N) is 1. The van der Waals surface area contributed by atoms with Crippen molar-refractivity contribution in [3.05, 3.63) is 45.8 Å². The highest BCUT2D eigenvalue weighted by atomic mass is 16.5. The number of H-pyrrole nitrogens is 1. The molecule has 0 radical (unpaired) electrons. The number of hydrogen-bond acceptors (Lipinski definition) is 3. The number of hydrogen-bond donors (Lipinski definition) is 1. The standard InChI is InChI=1S/C13H16N2O2/c1-9-4-6-10(7-5-9)12-11(8-15(2)3)13(16)17-14-12/h4-7,14H,8H2,1-3H3. The third kappa shape index (κ3) is 2.47. The third-order valence-corrected chi connectivity index (χ3v) is 2.61. The number of nitrogens with zero attached hydrogens (tertiary/aromatic N) is 1. The summed E-state index contributed by atoms with van der Waals surface area (Å²) in [5, 5.41) is 2.70. The van der Waals surface area contributed by atoms with E-state index in [9.17, 15) is 4.79 Å². The topological polar surface area (TPSA) is 49.2 Å². The zero-order chi connectivity index (χ0) is 12.4. The van der Waals surface area contributed by atoms with E-state index in [0.717, 1.165) is 11.3 Å². The molecule has 0 unspecified atom stereocenters. The van der Waals surface area contributed by atoms with Gasteiger partial charge in [0.1, 0.15) is 0 Å². The number of aromatic amines is 1. The van der Waals surface area contributed by atoms with Gasteiger partial charge in [-0.1, -0.05) is 29.8 Å². The van der Waals surface area contributed by atoms with Gasteiger partial charge in [-0.2, -0.15) is 0 Å². The summed E-state index contributed by atoms with van der Waals surface area (Å²) in [5.41, 5.74) is 3.30. The first-order chi connectivity index (χ1) is 8.08. The Balaban J connectivity index is 2.45. The summed E-state index contributed by atoms with van der Waals surface area (Å²) >= 11 is 0. The summed E-state index contributed by atoms with van der Waals surface area (Å²) in [5.74, 6) is 0. The highest BCUT2D eigenvalue weighted by Gasteiger charge is 2.14. The van der Waals surface area contributed by atoms with Gasteiger partial charge in [-0.3, -0.25) is 0 Å². The average Bonchev–Trinajstić information content (AvgIpc) is 2.61. The van der Waals surface area contributed by atoms with Gasteiger partial charge in [0.25, 0.3) is 0 Å². The molecule has 0 aliphatic rings. The summed E-state index contributed by atoms with van der Waals surface area (Å²) in [6.07, 6.45) is 0. The predicted molar refractivity (Wildman–Crippen MR) is 66.9 cm³/mol. The van der Waals surface area contributed by atoms with Gasteiger partial charge in [0.15, 0.2) is 0 Å². The summed E-state index contributed by atoms with van der Waals surface area (Å²) in [7, 11) is 3.84. The molecule has 0 fully saturated rings. The highest BCUT2D eigenvalue weighted by Crippen LogP contribution is 2.20. The van der Waals surface area contributed by atoms with Gasteiger partial charge >= 0.3 is 5.63 Å². The van der Waals surface area contributed by atoms with Crippen LogP contribution in [0.25, 0.3) is 11.3 Å². The van der Waals surface area contributed by atoms with Crippen LogP contribution in [-0.2, 0) is 6.54 Å². The molecule has 4 heteroatoms. The van der Waals surface area contributed by atoms with Crippen LogP contribution in [0.4, 0.5) is 0 Å². The quantitative estimate of drug-likeness (QED) is 0.880. The second-order valence-electron chi connectivity index (χ2n) is 4.45. The largest absolute Gasteiger partial charge is 0.362 e. The van der Waals surface area contributed by atoms with Gasteiger partial charge in [-0.05, 0) is 21.0 Å². The van der Waals surface area contributed by atoms with Crippen LogP contribution < -0.4 is 5.63 Å². The summed E-state index contributed by atoms with van der Waals surface area (Å²) in [6.45, 7) is 2.59. The van der Waals surface area contributed by atoms with Gasteiger partial charge in [0, 0.05) is 12.1 Å². The van der Waals surface area contributed by atoms with E-state index in [1.165, 1.54) is 5.56 Å². The summed E-state index contributed by atoms with van der Waals surface area (Å²) in [4.78, 5) is 13.5. The van der Waals surface area contributed by atoms with Crippen LogP contribution in [0.5, 0.6) is 0 Å². The lowest BCUT2D eigenvalue weighted by atomic mass is 10.1. The Labute approximate surface area is 99.8 Å². The van der Waals surface area contributed by atoms with Crippen molar-refractivity contribution in [3.8, 4) is 11.3 Å². The van der Waals surface area contributed by atoms with Gasteiger partial charge in [0.05, 0.1) is 11.3 Å². The lowest BCUT2D eigenvalue weighted by molar-refractivity contribution is 0.375. The van der Waals surface area contributed by atoms with Gasteiger partial charge in [-0.25, -0.2) is 9.95 Å². The number of aromatic nitrogens is 1.